The zero-order valence-electron chi connectivity index (χ0n) is 11.7. The molecule has 2 unspecified atom stereocenters. The molecule has 4 rings (SSSR count). The van der Waals surface area contributed by atoms with Crippen LogP contribution < -0.4 is 5.32 Å². The number of hydrogen-bond acceptors (Lipinski definition) is 3. The van der Waals surface area contributed by atoms with Crippen molar-refractivity contribution in [2.75, 3.05) is 13.1 Å². The van der Waals surface area contributed by atoms with Gasteiger partial charge in [0.1, 0.15) is 0 Å². The average molecular weight is 323 g/mol. The summed E-state index contributed by atoms with van der Waals surface area (Å²) in [7, 11) is 0. The minimum atomic E-state index is 0. The summed E-state index contributed by atoms with van der Waals surface area (Å²) in [5.41, 5.74) is 0.827. The second-order valence-electron chi connectivity index (χ2n) is 5.85. The molecule has 2 aromatic rings. The van der Waals surface area contributed by atoms with Crippen molar-refractivity contribution in [3.63, 3.8) is 0 Å². The molecule has 2 aliphatic rings. The summed E-state index contributed by atoms with van der Waals surface area (Å²) in [6.07, 6.45) is 3.56. The SMILES string of the molecule is Cl.O=C(c1ccc2sccc2c1)N1CCC2CCC(C1)N2. The number of carbonyl (C=O) groups excluding carboxylic acids is 1. The Morgan fingerprint density at radius 1 is 1.19 bits per heavy atom. The fraction of sp³-hybridized carbons (Fsp3) is 0.438. The van der Waals surface area contributed by atoms with Gasteiger partial charge in [0.2, 0.25) is 0 Å². The molecule has 2 aliphatic heterocycles. The van der Waals surface area contributed by atoms with Crippen LogP contribution in [0.4, 0.5) is 0 Å². The van der Waals surface area contributed by atoms with Gasteiger partial charge in [-0.15, -0.1) is 23.7 Å². The smallest absolute Gasteiger partial charge is 0.253 e. The molecule has 1 aromatic heterocycles. The molecule has 0 radical (unpaired) electrons. The highest BCUT2D eigenvalue weighted by Crippen LogP contribution is 2.24. The third kappa shape index (κ3) is 2.80. The Bertz CT molecular complexity index is 657. The molecule has 0 saturated carbocycles. The molecule has 3 heterocycles. The average Bonchev–Trinajstić information content (AvgIpc) is 3.03. The lowest BCUT2D eigenvalue weighted by Crippen LogP contribution is -2.39. The number of rotatable bonds is 1. The quantitative estimate of drug-likeness (QED) is 0.873. The van der Waals surface area contributed by atoms with Gasteiger partial charge in [-0.2, -0.15) is 0 Å². The summed E-state index contributed by atoms with van der Waals surface area (Å²) in [4.78, 5) is 14.7. The van der Waals surface area contributed by atoms with Gasteiger partial charge in [-0.3, -0.25) is 4.79 Å². The van der Waals surface area contributed by atoms with Crippen molar-refractivity contribution >= 4 is 39.7 Å². The predicted octanol–water partition coefficient (Wildman–Crippen LogP) is 3.29. The number of fused-ring (bicyclic) bond motifs is 3. The van der Waals surface area contributed by atoms with Crippen molar-refractivity contribution in [3.8, 4) is 0 Å². The maximum absolute atomic E-state index is 12.7. The Balaban J connectivity index is 0.00000132. The molecule has 0 spiro atoms. The zero-order chi connectivity index (χ0) is 13.5. The molecule has 5 heteroatoms. The maximum atomic E-state index is 12.7. The number of nitrogens with one attached hydrogen (secondary N) is 1. The first-order valence-corrected chi connectivity index (χ1v) is 8.20. The number of nitrogens with zero attached hydrogens (tertiary/aromatic N) is 1. The van der Waals surface area contributed by atoms with Crippen molar-refractivity contribution in [3.05, 3.63) is 35.2 Å². The van der Waals surface area contributed by atoms with E-state index in [-0.39, 0.29) is 18.3 Å². The minimum Gasteiger partial charge on any atom is -0.337 e. The molecular formula is C16H19ClN2OS. The summed E-state index contributed by atoms with van der Waals surface area (Å²) in [5.74, 6) is 0.187. The highest BCUT2D eigenvalue weighted by Gasteiger charge is 2.31. The van der Waals surface area contributed by atoms with E-state index in [1.807, 2.05) is 17.0 Å². The van der Waals surface area contributed by atoms with E-state index in [0.717, 1.165) is 25.1 Å². The van der Waals surface area contributed by atoms with E-state index in [2.05, 4.69) is 22.8 Å². The maximum Gasteiger partial charge on any atom is 0.253 e. The van der Waals surface area contributed by atoms with E-state index in [9.17, 15) is 4.79 Å². The molecule has 2 bridgehead atoms. The first kappa shape index (κ1) is 14.8. The van der Waals surface area contributed by atoms with E-state index < -0.39 is 0 Å². The second-order valence-corrected chi connectivity index (χ2v) is 6.80. The molecule has 3 nitrogen and oxygen atoms in total. The Morgan fingerprint density at radius 3 is 2.95 bits per heavy atom. The van der Waals surface area contributed by atoms with Gasteiger partial charge in [-0.05, 0) is 54.3 Å². The van der Waals surface area contributed by atoms with Crippen molar-refractivity contribution < 1.29 is 4.79 Å². The van der Waals surface area contributed by atoms with Gasteiger partial charge in [0.05, 0.1) is 0 Å². The van der Waals surface area contributed by atoms with Crippen LogP contribution in [0.1, 0.15) is 29.6 Å². The lowest BCUT2D eigenvalue weighted by molar-refractivity contribution is 0.0748. The summed E-state index contributed by atoms with van der Waals surface area (Å²) in [6, 6.07) is 9.27. The van der Waals surface area contributed by atoms with Gasteiger partial charge in [0.25, 0.3) is 5.91 Å². The van der Waals surface area contributed by atoms with E-state index in [1.165, 1.54) is 22.9 Å². The fourth-order valence-electron chi connectivity index (χ4n) is 3.41. The highest BCUT2D eigenvalue weighted by atomic mass is 35.5. The number of benzene rings is 1. The monoisotopic (exact) mass is 322 g/mol. The number of hydrogen-bond donors (Lipinski definition) is 1. The molecule has 1 aromatic carbocycles. The van der Waals surface area contributed by atoms with Crippen LogP contribution in [0.25, 0.3) is 10.1 Å². The van der Waals surface area contributed by atoms with E-state index >= 15 is 0 Å². The van der Waals surface area contributed by atoms with Gasteiger partial charge in [0.15, 0.2) is 0 Å². The van der Waals surface area contributed by atoms with Crippen molar-refractivity contribution in [1.29, 1.82) is 0 Å². The van der Waals surface area contributed by atoms with Gasteiger partial charge in [-0.1, -0.05) is 0 Å². The Labute approximate surface area is 134 Å². The minimum absolute atomic E-state index is 0. The largest absolute Gasteiger partial charge is 0.337 e. The summed E-state index contributed by atoms with van der Waals surface area (Å²) >= 11 is 1.72. The number of halogens is 1. The Kier molecular flexibility index (Phi) is 4.20. The van der Waals surface area contributed by atoms with Crippen LogP contribution in [0, 0.1) is 0 Å². The normalized spacial score (nSPS) is 24.7. The van der Waals surface area contributed by atoms with Crippen LogP contribution in [-0.4, -0.2) is 36.0 Å². The Hall–Kier alpha value is -1.10. The van der Waals surface area contributed by atoms with Gasteiger partial charge < -0.3 is 10.2 Å². The summed E-state index contributed by atoms with van der Waals surface area (Å²) in [6.45, 7) is 1.74. The van der Waals surface area contributed by atoms with Crippen LogP contribution in [0.3, 0.4) is 0 Å². The Morgan fingerprint density at radius 2 is 2.05 bits per heavy atom. The van der Waals surface area contributed by atoms with Gasteiger partial charge in [-0.25, -0.2) is 0 Å². The molecule has 21 heavy (non-hydrogen) atoms. The van der Waals surface area contributed by atoms with Gasteiger partial charge in [0, 0.05) is 35.4 Å². The van der Waals surface area contributed by atoms with Crippen molar-refractivity contribution in [1.82, 2.24) is 10.2 Å². The van der Waals surface area contributed by atoms with Crippen LogP contribution >= 0.6 is 23.7 Å². The molecule has 2 atom stereocenters. The highest BCUT2D eigenvalue weighted by molar-refractivity contribution is 7.17. The zero-order valence-corrected chi connectivity index (χ0v) is 13.4. The number of thiophene rings is 1. The lowest BCUT2D eigenvalue weighted by atomic mass is 10.1. The number of likely N-dealkylation sites (tertiary alicyclic amines) is 1. The molecule has 2 fully saturated rings. The van der Waals surface area contributed by atoms with E-state index in [4.69, 9.17) is 0 Å². The third-order valence-electron chi connectivity index (χ3n) is 4.51. The second kappa shape index (κ2) is 5.95. The molecule has 1 N–H and O–H groups in total. The van der Waals surface area contributed by atoms with Crippen molar-refractivity contribution in [2.45, 2.75) is 31.3 Å². The molecule has 112 valence electrons. The number of amides is 1. The molecular weight excluding hydrogens is 304 g/mol. The summed E-state index contributed by atoms with van der Waals surface area (Å²) in [5, 5.41) is 6.88. The molecule has 0 aliphatic carbocycles. The predicted molar refractivity (Wildman–Crippen MR) is 89.5 cm³/mol. The third-order valence-corrected chi connectivity index (χ3v) is 5.41. The fourth-order valence-corrected chi connectivity index (χ4v) is 4.18. The first-order chi connectivity index (χ1) is 9.79. The van der Waals surface area contributed by atoms with Crippen LogP contribution in [-0.2, 0) is 0 Å². The number of carbonyl (C=O) groups is 1. The van der Waals surface area contributed by atoms with Crippen LogP contribution in [0.2, 0.25) is 0 Å². The standard InChI is InChI=1S/C16H18N2OS.ClH/c19-16(12-1-4-15-11(9-12)6-8-20-15)18-7-5-13-2-3-14(10-18)17-13;/h1,4,6,8-9,13-14,17H,2-3,5,7,10H2;1H. The van der Waals surface area contributed by atoms with Crippen molar-refractivity contribution in [2.24, 2.45) is 0 Å². The van der Waals surface area contributed by atoms with Gasteiger partial charge >= 0.3 is 0 Å². The molecule has 1 amide bonds. The summed E-state index contributed by atoms with van der Waals surface area (Å²) < 4.78 is 1.25. The van der Waals surface area contributed by atoms with Crippen LogP contribution in [0.5, 0.6) is 0 Å². The van der Waals surface area contributed by atoms with E-state index in [0.29, 0.717) is 12.1 Å². The first-order valence-electron chi connectivity index (χ1n) is 7.32. The lowest BCUT2D eigenvalue weighted by Gasteiger charge is -2.24. The molecule has 2 saturated heterocycles. The van der Waals surface area contributed by atoms with Crippen LogP contribution in [0.15, 0.2) is 29.6 Å². The van der Waals surface area contributed by atoms with E-state index in [1.54, 1.807) is 11.3 Å². The topological polar surface area (TPSA) is 32.3 Å².